The molecule has 1 heterocycles. The predicted molar refractivity (Wildman–Crippen MR) is 57.3 cm³/mol. The smallest absolute Gasteiger partial charge is 0.157 e. The molecule has 2 aromatic rings. The average Bonchev–Trinajstić information content (AvgIpc) is 2.29. The van der Waals surface area contributed by atoms with E-state index in [9.17, 15) is 0 Å². The number of ether oxygens (including phenoxy) is 1. The summed E-state index contributed by atoms with van der Waals surface area (Å²) in [5.74, 6) is 0.908. The molecule has 2 heteroatoms. The van der Waals surface area contributed by atoms with Gasteiger partial charge in [-0.2, -0.15) is 0 Å². The molecule has 0 radical (unpaired) electrons. The van der Waals surface area contributed by atoms with Crippen LogP contribution in [0.5, 0.6) is 5.75 Å². The molecule has 2 nitrogen and oxygen atoms in total. The number of hydrogen-bond donors (Lipinski definition) is 1. The van der Waals surface area contributed by atoms with Gasteiger partial charge in [0.25, 0.3) is 0 Å². The number of rotatable bonds is 0. The molecule has 1 aliphatic rings. The molecule has 0 bridgehead atoms. The molecule has 2 aromatic carbocycles. The van der Waals surface area contributed by atoms with Crippen LogP contribution in [0.1, 0.15) is 0 Å². The van der Waals surface area contributed by atoms with E-state index >= 15 is 0 Å². The molecular weight excluding hydrogens is 174 g/mol. The molecule has 0 spiro atoms. The van der Waals surface area contributed by atoms with Crippen LogP contribution in [0.25, 0.3) is 10.8 Å². The van der Waals surface area contributed by atoms with Crippen LogP contribution >= 0.6 is 0 Å². The van der Waals surface area contributed by atoms with Gasteiger partial charge in [0.15, 0.2) is 5.75 Å². The molecule has 68 valence electrons. The summed E-state index contributed by atoms with van der Waals surface area (Å²) in [5.41, 5.74) is 1.02. The highest BCUT2D eigenvalue weighted by Gasteiger charge is 2.09. The van der Waals surface area contributed by atoms with Crippen molar-refractivity contribution in [2.24, 2.45) is 0 Å². The first-order chi connectivity index (χ1) is 6.95. The molecule has 0 aliphatic carbocycles. The van der Waals surface area contributed by atoms with Crippen LogP contribution in [0, 0.1) is 0 Å². The highest BCUT2D eigenvalue weighted by molar-refractivity contribution is 5.94. The Hall–Kier alpha value is -1.96. The van der Waals surface area contributed by atoms with Crippen LogP contribution in [0.3, 0.4) is 0 Å². The summed E-state index contributed by atoms with van der Waals surface area (Å²) < 4.78 is 5.49. The number of anilines is 1. The van der Waals surface area contributed by atoms with Crippen molar-refractivity contribution in [1.82, 2.24) is 0 Å². The molecule has 0 atom stereocenters. The van der Waals surface area contributed by atoms with Crippen molar-refractivity contribution >= 4 is 16.5 Å². The lowest BCUT2D eigenvalue weighted by Crippen LogP contribution is -1.99. The van der Waals surface area contributed by atoms with Gasteiger partial charge in [-0.3, -0.25) is 0 Å². The molecule has 0 saturated heterocycles. The number of benzene rings is 2. The molecule has 0 unspecified atom stereocenters. The Bertz CT molecular complexity index is 517. The van der Waals surface area contributed by atoms with Crippen molar-refractivity contribution in [3.63, 3.8) is 0 Å². The number of nitrogens with one attached hydrogen (secondary N) is 1. The summed E-state index contributed by atoms with van der Waals surface area (Å²) in [6.07, 6.45) is 3.45. The van der Waals surface area contributed by atoms with E-state index in [0.717, 1.165) is 16.8 Å². The molecule has 1 N–H and O–H groups in total. The van der Waals surface area contributed by atoms with E-state index in [-0.39, 0.29) is 0 Å². The Kier molecular flexibility index (Phi) is 1.47. The first-order valence-corrected chi connectivity index (χ1v) is 4.55. The Morgan fingerprint density at radius 2 is 1.93 bits per heavy atom. The van der Waals surface area contributed by atoms with E-state index in [0.29, 0.717) is 0 Å². The lowest BCUT2D eigenvalue weighted by atomic mass is 10.1. The second-order valence-electron chi connectivity index (χ2n) is 3.23. The first-order valence-electron chi connectivity index (χ1n) is 4.55. The number of fused-ring (bicyclic) bond motifs is 3. The molecule has 0 saturated carbocycles. The van der Waals surface area contributed by atoms with E-state index in [4.69, 9.17) is 4.74 Å². The highest BCUT2D eigenvalue weighted by Crippen LogP contribution is 2.35. The van der Waals surface area contributed by atoms with Gasteiger partial charge in [-0.05, 0) is 11.5 Å². The zero-order valence-electron chi connectivity index (χ0n) is 7.53. The third-order valence-corrected chi connectivity index (χ3v) is 2.37. The fraction of sp³-hybridized carbons (Fsp3) is 0. The van der Waals surface area contributed by atoms with E-state index in [1.165, 1.54) is 5.39 Å². The van der Waals surface area contributed by atoms with Crippen LogP contribution in [-0.2, 0) is 0 Å². The van der Waals surface area contributed by atoms with Crippen LogP contribution in [0.15, 0.2) is 48.9 Å². The second kappa shape index (κ2) is 2.77. The molecule has 0 aromatic heterocycles. The van der Waals surface area contributed by atoms with Crippen LogP contribution in [0.2, 0.25) is 0 Å². The van der Waals surface area contributed by atoms with Crippen LogP contribution in [-0.4, -0.2) is 0 Å². The topological polar surface area (TPSA) is 21.3 Å². The van der Waals surface area contributed by atoms with Crippen molar-refractivity contribution in [3.8, 4) is 5.75 Å². The van der Waals surface area contributed by atoms with Gasteiger partial charge in [-0.25, -0.2) is 0 Å². The van der Waals surface area contributed by atoms with Crippen molar-refractivity contribution in [2.75, 3.05) is 5.32 Å². The summed E-state index contributed by atoms with van der Waals surface area (Å²) in [6.45, 7) is 0. The fourth-order valence-corrected chi connectivity index (χ4v) is 1.71. The number of hydrogen-bond acceptors (Lipinski definition) is 2. The first kappa shape index (κ1) is 7.44. The van der Waals surface area contributed by atoms with E-state index in [2.05, 4.69) is 23.5 Å². The normalized spacial score (nSPS) is 13.1. The van der Waals surface area contributed by atoms with E-state index in [1.807, 2.05) is 18.2 Å². The Labute approximate surface area is 81.8 Å². The standard InChI is InChI=1S/C12H9NO/c1-2-4-10-9(3-1)5-6-11-12(10)14-8-7-13-11/h1-8,13H. The minimum atomic E-state index is 0.908. The Morgan fingerprint density at radius 1 is 1.00 bits per heavy atom. The lowest BCUT2D eigenvalue weighted by molar-refractivity contribution is 0.483. The van der Waals surface area contributed by atoms with Crippen LogP contribution in [0.4, 0.5) is 5.69 Å². The molecule has 0 amide bonds. The average molecular weight is 183 g/mol. The summed E-state index contributed by atoms with van der Waals surface area (Å²) >= 11 is 0. The lowest BCUT2D eigenvalue weighted by Gasteiger charge is -2.15. The van der Waals surface area contributed by atoms with Gasteiger partial charge in [0.2, 0.25) is 0 Å². The minimum Gasteiger partial charge on any atom is -0.461 e. The molecule has 0 fully saturated rings. The molecule has 14 heavy (non-hydrogen) atoms. The third-order valence-electron chi connectivity index (χ3n) is 2.37. The van der Waals surface area contributed by atoms with Crippen LogP contribution < -0.4 is 10.1 Å². The minimum absolute atomic E-state index is 0.908. The zero-order chi connectivity index (χ0) is 9.38. The van der Waals surface area contributed by atoms with Crippen molar-refractivity contribution in [1.29, 1.82) is 0 Å². The van der Waals surface area contributed by atoms with Gasteiger partial charge in [0.1, 0.15) is 6.26 Å². The van der Waals surface area contributed by atoms with Crippen molar-refractivity contribution in [2.45, 2.75) is 0 Å². The Balaban J connectivity index is 2.37. The van der Waals surface area contributed by atoms with Gasteiger partial charge >= 0.3 is 0 Å². The summed E-state index contributed by atoms with van der Waals surface area (Å²) in [6, 6.07) is 12.3. The maximum Gasteiger partial charge on any atom is 0.157 e. The van der Waals surface area contributed by atoms with Gasteiger partial charge in [-0.1, -0.05) is 30.3 Å². The summed E-state index contributed by atoms with van der Waals surface area (Å²) in [4.78, 5) is 0. The maximum atomic E-state index is 5.49. The molecule has 1 aliphatic heterocycles. The Morgan fingerprint density at radius 3 is 2.93 bits per heavy atom. The molecular formula is C12H9NO. The van der Waals surface area contributed by atoms with E-state index in [1.54, 1.807) is 12.5 Å². The van der Waals surface area contributed by atoms with Gasteiger partial charge in [-0.15, -0.1) is 0 Å². The van der Waals surface area contributed by atoms with Crippen molar-refractivity contribution < 1.29 is 4.74 Å². The SMILES string of the molecule is C1=COc2c(ccc3ccccc23)N1. The zero-order valence-corrected chi connectivity index (χ0v) is 7.53. The maximum absolute atomic E-state index is 5.49. The highest BCUT2D eigenvalue weighted by atomic mass is 16.5. The van der Waals surface area contributed by atoms with Gasteiger partial charge in [0, 0.05) is 11.6 Å². The fourth-order valence-electron chi connectivity index (χ4n) is 1.71. The largest absolute Gasteiger partial charge is 0.461 e. The van der Waals surface area contributed by atoms with Gasteiger partial charge in [0.05, 0.1) is 5.69 Å². The van der Waals surface area contributed by atoms with Gasteiger partial charge < -0.3 is 10.1 Å². The third kappa shape index (κ3) is 0.973. The summed E-state index contributed by atoms with van der Waals surface area (Å²) in [7, 11) is 0. The van der Waals surface area contributed by atoms with E-state index < -0.39 is 0 Å². The molecule has 3 rings (SSSR count). The second-order valence-corrected chi connectivity index (χ2v) is 3.23. The predicted octanol–water partition coefficient (Wildman–Crippen LogP) is 3.12. The quantitative estimate of drug-likeness (QED) is 0.677. The monoisotopic (exact) mass is 183 g/mol. The summed E-state index contributed by atoms with van der Waals surface area (Å²) in [5, 5.41) is 5.49. The van der Waals surface area contributed by atoms with Crippen molar-refractivity contribution in [3.05, 3.63) is 48.9 Å².